The molecule has 0 bridgehead atoms. The van der Waals surface area contributed by atoms with Gasteiger partial charge in [0, 0.05) is 4.90 Å². The Balaban J connectivity index is 3.24. The molecule has 0 saturated carbocycles. The molecule has 14 heavy (non-hydrogen) atoms. The average molecular weight is 218 g/mol. The molecule has 0 radical (unpaired) electrons. The second-order valence-electron chi connectivity index (χ2n) is 2.43. The van der Waals surface area contributed by atoms with Crippen molar-refractivity contribution in [2.75, 3.05) is 13.4 Å². The number of rotatable bonds is 2. The number of methoxy groups -OCH3 is 1. The molecule has 0 atom stereocenters. The minimum atomic E-state index is -1.16. The molecule has 0 heterocycles. The van der Waals surface area contributed by atoms with Crippen LogP contribution < -0.4 is 0 Å². The fourth-order valence-corrected chi connectivity index (χ4v) is 1.43. The molecule has 0 aromatic heterocycles. The van der Waals surface area contributed by atoms with Crippen molar-refractivity contribution in [1.29, 1.82) is 0 Å². The van der Waals surface area contributed by atoms with E-state index < -0.39 is 17.6 Å². The lowest BCUT2D eigenvalue weighted by atomic mass is 10.2. The number of ether oxygens (including phenoxy) is 1. The Hall–Kier alpha value is -1.10. The van der Waals surface area contributed by atoms with Gasteiger partial charge in [0.2, 0.25) is 0 Å². The van der Waals surface area contributed by atoms with Crippen molar-refractivity contribution in [1.82, 2.24) is 0 Å². The summed E-state index contributed by atoms with van der Waals surface area (Å²) in [6.45, 7) is 0. The number of hydrogen-bond acceptors (Lipinski definition) is 3. The van der Waals surface area contributed by atoms with E-state index in [1.54, 1.807) is 6.26 Å². The Labute approximate surface area is 84.3 Å². The number of hydrogen-bond donors (Lipinski definition) is 0. The lowest BCUT2D eigenvalue weighted by Crippen LogP contribution is -2.06. The SMILES string of the molecule is COC(=O)c1ccc(SC)c(F)c1F. The van der Waals surface area contributed by atoms with E-state index in [0.29, 0.717) is 0 Å². The minimum Gasteiger partial charge on any atom is -0.465 e. The molecule has 0 amide bonds. The van der Waals surface area contributed by atoms with Crippen molar-refractivity contribution in [3.8, 4) is 0 Å². The monoisotopic (exact) mass is 218 g/mol. The number of esters is 1. The van der Waals surface area contributed by atoms with E-state index in [0.717, 1.165) is 18.9 Å². The van der Waals surface area contributed by atoms with Crippen LogP contribution in [0.25, 0.3) is 0 Å². The van der Waals surface area contributed by atoms with Gasteiger partial charge in [-0.3, -0.25) is 0 Å². The van der Waals surface area contributed by atoms with Crippen molar-refractivity contribution in [2.24, 2.45) is 0 Å². The Morgan fingerprint density at radius 1 is 1.36 bits per heavy atom. The van der Waals surface area contributed by atoms with E-state index >= 15 is 0 Å². The maximum atomic E-state index is 13.2. The molecule has 5 heteroatoms. The quantitative estimate of drug-likeness (QED) is 0.563. The van der Waals surface area contributed by atoms with Crippen LogP contribution in [0.15, 0.2) is 17.0 Å². The van der Waals surface area contributed by atoms with Crippen molar-refractivity contribution in [2.45, 2.75) is 4.90 Å². The van der Waals surface area contributed by atoms with Crippen LogP contribution in [0.4, 0.5) is 8.78 Å². The van der Waals surface area contributed by atoms with E-state index in [1.807, 2.05) is 0 Å². The molecule has 1 rings (SSSR count). The highest BCUT2D eigenvalue weighted by Gasteiger charge is 2.18. The van der Waals surface area contributed by atoms with Crippen molar-refractivity contribution < 1.29 is 18.3 Å². The van der Waals surface area contributed by atoms with Gasteiger partial charge >= 0.3 is 5.97 Å². The molecule has 0 aliphatic heterocycles. The van der Waals surface area contributed by atoms with E-state index in [4.69, 9.17) is 0 Å². The van der Waals surface area contributed by atoms with Crippen LogP contribution in [0.2, 0.25) is 0 Å². The average Bonchev–Trinajstić information content (AvgIpc) is 2.21. The largest absolute Gasteiger partial charge is 0.465 e. The van der Waals surface area contributed by atoms with Gasteiger partial charge in [0.15, 0.2) is 11.6 Å². The molecule has 76 valence electrons. The summed E-state index contributed by atoms with van der Waals surface area (Å²) in [4.78, 5) is 11.1. The van der Waals surface area contributed by atoms with E-state index in [-0.39, 0.29) is 10.5 Å². The zero-order valence-electron chi connectivity index (χ0n) is 7.64. The summed E-state index contributed by atoms with van der Waals surface area (Å²) in [5.74, 6) is -3.06. The Morgan fingerprint density at radius 2 is 2.00 bits per heavy atom. The van der Waals surface area contributed by atoms with Gasteiger partial charge in [0.1, 0.15) is 0 Å². The van der Waals surface area contributed by atoms with Crippen LogP contribution in [0.3, 0.4) is 0 Å². The highest BCUT2D eigenvalue weighted by atomic mass is 32.2. The topological polar surface area (TPSA) is 26.3 Å². The summed E-state index contributed by atoms with van der Waals surface area (Å²) < 4.78 is 30.6. The van der Waals surface area contributed by atoms with Gasteiger partial charge in [-0.15, -0.1) is 11.8 Å². The number of benzene rings is 1. The third kappa shape index (κ3) is 1.87. The molecule has 0 fully saturated rings. The summed E-state index contributed by atoms with van der Waals surface area (Å²) in [6.07, 6.45) is 1.62. The third-order valence-corrected chi connectivity index (χ3v) is 2.43. The predicted molar refractivity (Wildman–Crippen MR) is 49.5 cm³/mol. The van der Waals surface area contributed by atoms with Crippen molar-refractivity contribution in [3.05, 3.63) is 29.3 Å². The van der Waals surface area contributed by atoms with Crippen LogP contribution in [-0.4, -0.2) is 19.3 Å². The van der Waals surface area contributed by atoms with E-state index in [9.17, 15) is 13.6 Å². The van der Waals surface area contributed by atoms with Gasteiger partial charge < -0.3 is 4.74 Å². The molecule has 0 N–H and O–H groups in total. The molecule has 1 aromatic rings. The number of carbonyl (C=O) groups is 1. The van der Waals surface area contributed by atoms with E-state index in [2.05, 4.69) is 4.74 Å². The molecule has 0 aliphatic rings. The molecule has 0 saturated heterocycles. The molecule has 1 aromatic carbocycles. The first-order chi connectivity index (χ1) is 6.61. The second kappa shape index (κ2) is 4.41. The number of halogens is 2. The molecule has 0 unspecified atom stereocenters. The van der Waals surface area contributed by atoms with Gasteiger partial charge in [0.05, 0.1) is 12.7 Å². The van der Waals surface area contributed by atoms with E-state index in [1.165, 1.54) is 12.1 Å². The van der Waals surface area contributed by atoms with Crippen LogP contribution in [0.1, 0.15) is 10.4 Å². The molecular weight excluding hydrogens is 210 g/mol. The Kier molecular flexibility index (Phi) is 3.46. The van der Waals surface area contributed by atoms with Gasteiger partial charge in [-0.2, -0.15) is 0 Å². The third-order valence-electron chi connectivity index (χ3n) is 1.67. The highest BCUT2D eigenvalue weighted by molar-refractivity contribution is 7.98. The summed E-state index contributed by atoms with van der Waals surface area (Å²) in [7, 11) is 1.11. The maximum Gasteiger partial charge on any atom is 0.340 e. The van der Waals surface area contributed by atoms with Gasteiger partial charge in [-0.1, -0.05) is 0 Å². The van der Waals surface area contributed by atoms with Crippen LogP contribution in [0.5, 0.6) is 0 Å². The zero-order valence-corrected chi connectivity index (χ0v) is 8.45. The zero-order chi connectivity index (χ0) is 10.7. The summed E-state index contributed by atoms with van der Waals surface area (Å²) in [5, 5.41) is 0. The van der Waals surface area contributed by atoms with Crippen LogP contribution in [0, 0.1) is 11.6 Å². The van der Waals surface area contributed by atoms with Crippen LogP contribution in [-0.2, 0) is 4.74 Å². The maximum absolute atomic E-state index is 13.2. The fourth-order valence-electron chi connectivity index (χ4n) is 0.957. The Bertz CT molecular complexity index is 366. The molecule has 2 nitrogen and oxygen atoms in total. The normalized spacial score (nSPS) is 10.0. The molecular formula is C9H8F2O2S. The van der Waals surface area contributed by atoms with Gasteiger partial charge in [-0.25, -0.2) is 13.6 Å². The first kappa shape index (κ1) is 11.0. The number of carbonyl (C=O) groups excluding carboxylic acids is 1. The second-order valence-corrected chi connectivity index (χ2v) is 3.28. The highest BCUT2D eigenvalue weighted by Crippen LogP contribution is 2.23. The first-order valence-electron chi connectivity index (χ1n) is 3.72. The standard InChI is InChI=1S/C9H8F2O2S/c1-13-9(12)5-3-4-6(14-2)8(11)7(5)10/h3-4H,1-2H3. The van der Waals surface area contributed by atoms with Crippen molar-refractivity contribution >= 4 is 17.7 Å². The smallest absolute Gasteiger partial charge is 0.340 e. The lowest BCUT2D eigenvalue weighted by molar-refractivity contribution is 0.0594. The summed E-state index contributed by atoms with van der Waals surface area (Å²) in [6, 6.07) is 2.55. The van der Waals surface area contributed by atoms with Crippen molar-refractivity contribution in [3.63, 3.8) is 0 Å². The minimum absolute atomic E-state index is 0.162. The fraction of sp³-hybridized carbons (Fsp3) is 0.222. The van der Waals surface area contributed by atoms with Crippen LogP contribution >= 0.6 is 11.8 Å². The molecule has 0 aliphatic carbocycles. The Morgan fingerprint density at radius 3 is 2.50 bits per heavy atom. The molecule has 0 spiro atoms. The van der Waals surface area contributed by atoms with Gasteiger partial charge in [0.25, 0.3) is 0 Å². The van der Waals surface area contributed by atoms with Gasteiger partial charge in [-0.05, 0) is 18.4 Å². The number of thioether (sulfide) groups is 1. The summed E-state index contributed by atoms with van der Waals surface area (Å²) >= 11 is 1.07. The lowest BCUT2D eigenvalue weighted by Gasteiger charge is -2.04. The first-order valence-corrected chi connectivity index (χ1v) is 4.94. The predicted octanol–water partition coefficient (Wildman–Crippen LogP) is 2.47. The summed E-state index contributed by atoms with van der Waals surface area (Å²) in [5.41, 5.74) is -0.386.